The molecule has 2 aromatic carbocycles. The van der Waals surface area contributed by atoms with Crippen LogP contribution in [0.3, 0.4) is 0 Å². The molecule has 0 aliphatic carbocycles. The van der Waals surface area contributed by atoms with Crippen LogP contribution in [0.4, 0.5) is 0 Å². The number of hydrogen-bond acceptors (Lipinski definition) is 5. The fourth-order valence-corrected chi connectivity index (χ4v) is 2.68. The van der Waals surface area contributed by atoms with Crippen LogP contribution >= 0.6 is 0 Å². The second kappa shape index (κ2) is 7.71. The molecule has 0 saturated heterocycles. The first-order valence-corrected chi connectivity index (χ1v) is 8.63. The van der Waals surface area contributed by atoms with E-state index in [0.717, 1.165) is 0 Å². The highest BCUT2D eigenvalue weighted by atomic mass is 16.5. The van der Waals surface area contributed by atoms with E-state index < -0.39 is 0 Å². The van der Waals surface area contributed by atoms with Gasteiger partial charge in [-0.15, -0.1) is 0 Å². The molecule has 7 nitrogen and oxygen atoms in total. The van der Waals surface area contributed by atoms with Crippen molar-refractivity contribution in [3.05, 3.63) is 101 Å². The number of rotatable bonds is 6. The van der Waals surface area contributed by atoms with Crippen molar-refractivity contribution in [2.75, 3.05) is 0 Å². The molecule has 4 aromatic rings. The Hall–Kier alpha value is -4.00. The molecule has 2 heterocycles. The predicted octanol–water partition coefficient (Wildman–Crippen LogP) is 3.17. The molecule has 0 amide bonds. The van der Waals surface area contributed by atoms with Gasteiger partial charge in [-0.25, -0.2) is 9.67 Å². The van der Waals surface area contributed by atoms with Gasteiger partial charge in [-0.05, 0) is 30.3 Å². The number of aromatic amines is 1. The van der Waals surface area contributed by atoms with Crippen LogP contribution in [0.1, 0.15) is 15.9 Å². The number of hydrogen-bond donors (Lipinski definition) is 1. The van der Waals surface area contributed by atoms with Gasteiger partial charge >= 0.3 is 0 Å². The highest BCUT2D eigenvalue weighted by molar-refractivity contribution is 5.97. The second-order valence-electron chi connectivity index (χ2n) is 6.05. The van der Waals surface area contributed by atoms with E-state index in [2.05, 4.69) is 15.1 Å². The summed E-state index contributed by atoms with van der Waals surface area (Å²) in [4.78, 5) is 31.7. The number of para-hydroxylation sites is 1. The van der Waals surface area contributed by atoms with E-state index in [1.54, 1.807) is 42.7 Å². The third-order valence-corrected chi connectivity index (χ3v) is 4.07. The SMILES string of the molecule is O=C(Cc1cnc(-n2cccn2)[nH]c1=O)c1cccc(Oc2ccccc2)c1. The zero-order chi connectivity index (χ0) is 19.3. The number of carbonyl (C=O) groups is 1. The summed E-state index contributed by atoms with van der Waals surface area (Å²) in [6.45, 7) is 0. The fraction of sp³-hybridized carbons (Fsp3) is 0.0476. The topological polar surface area (TPSA) is 89.9 Å². The molecular weight excluding hydrogens is 356 g/mol. The Balaban J connectivity index is 1.51. The number of ether oxygens (including phenoxy) is 1. The van der Waals surface area contributed by atoms with Crippen molar-refractivity contribution in [2.45, 2.75) is 6.42 Å². The van der Waals surface area contributed by atoms with Crippen LogP contribution in [-0.4, -0.2) is 25.5 Å². The maximum Gasteiger partial charge on any atom is 0.255 e. The first-order chi connectivity index (χ1) is 13.7. The molecule has 0 aliphatic rings. The summed E-state index contributed by atoms with van der Waals surface area (Å²) in [6, 6.07) is 17.9. The zero-order valence-electron chi connectivity index (χ0n) is 14.8. The molecular formula is C21H16N4O3. The standard InChI is InChI=1S/C21H16N4O3/c26-19(13-16-14-22-21(24-20(16)27)25-11-5-10-23-25)15-6-4-9-18(12-15)28-17-7-2-1-3-8-17/h1-12,14H,13H2,(H,22,24,27). The summed E-state index contributed by atoms with van der Waals surface area (Å²) in [6.07, 6.45) is 4.60. The maximum atomic E-state index is 12.6. The minimum Gasteiger partial charge on any atom is -0.457 e. The number of aromatic nitrogens is 4. The van der Waals surface area contributed by atoms with Crippen LogP contribution < -0.4 is 10.3 Å². The third kappa shape index (κ3) is 3.88. The van der Waals surface area contributed by atoms with Crippen molar-refractivity contribution in [3.63, 3.8) is 0 Å². The van der Waals surface area contributed by atoms with Gasteiger partial charge in [-0.2, -0.15) is 5.10 Å². The Kier molecular flexibility index (Phi) is 4.79. The second-order valence-corrected chi connectivity index (χ2v) is 6.05. The van der Waals surface area contributed by atoms with E-state index >= 15 is 0 Å². The van der Waals surface area contributed by atoms with Gasteiger partial charge in [0.2, 0.25) is 5.95 Å². The Labute approximate surface area is 160 Å². The first-order valence-electron chi connectivity index (χ1n) is 8.63. The average molecular weight is 372 g/mol. The van der Waals surface area contributed by atoms with Crippen LogP contribution in [0.5, 0.6) is 11.5 Å². The smallest absolute Gasteiger partial charge is 0.255 e. The van der Waals surface area contributed by atoms with E-state index in [4.69, 9.17) is 4.74 Å². The van der Waals surface area contributed by atoms with Crippen molar-refractivity contribution < 1.29 is 9.53 Å². The fourth-order valence-electron chi connectivity index (χ4n) is 2.68. The summed E-state index contributed by atoms with van der Waals surface area (Å²) in [5, 5.41) is 4.01. The summed E-state index contributed by atoms with van der Waals surface area (Å²) in [5.41, 5.74) is 0.379. The van der Waals surface area contributed by atoms with E-state index in [1.165, 1.54) is 10.9 Å². The van der Waals surface area contributed by atoms with Gasteiger partial charge in [0.25, 0.3) is 5.56 Å². The Morgan fingerprint density at radius 3 is 2.61 bits per heavy atom. The third-order valence-electron chi connectivity index (χ3n) is 4.07. The van der Waals surface area contributed by atoms with Gasteiger partial charge in [-0.1, -0.05) is 30.3 Å². The van der Waals surface area contributed by atoms with Crippen LogP contribution in [0, 0.1) is 0 Å². The monoisotopic (exact) mass is 372 g/mol. The van der Waals surface area contributed by atoms with Gasteiger partial charge in [0, 0.05) is 36.1 Å². The van der Waals surface area contributed by atoms with Gasteiger partial charge in [-0.3, -0.25) is 14.6 Å². The van der Waals surface area contributed by atoms with Gasteiger partial charge in [0.05, 0.1) is 0 Å². The van der Waals surface area contributed by atoms with Gasteiger partial charge in [0.1, 0.15) is 11.5 Å². The molecule has 7 heteroatoms. The molecule has 0 unspecified atom stereocenters. The molecule has 0 bridgehead atoms. The van der Waals surface area contributed by atoms with Crippen molar-refractivity contribution in [2.24, 2.45) is 0 Å². The molecule has 0 atom stereocenters. The highest BCUT2D eigenvalue weighted by Crippen LogP contribution is 2.22. The summed E-state index contributed by atoms with van der Waals surface area (Å²) < 4.78 is 7.20. The van der Waals surface area contributed by atoms with E-state index in [1.807, 2.05) is 30.3 Å². The van der Waals surface area contributed by atoms with Crippen molar-refractivity contribution in [1.82, 2.24) is 19.7 Å². The first kappa shape index (κ1) is 17.4. The maximum absolute atomic E-state index is 12.6. The molecule has 0 spiro atoms. The Bertz CT molecular complexity index is 1150. The van der Waals surface area contributed by atoms with Crippen LogP contribution in [-0.2, 0) is 6.42 Å². The minimum absolute atomic E-state index is 0.0590. The van der Waals surface area contributed by atoms with Crippen LogP contribution in [0.15, 0.2) is 84.0 Å². The lowest BCUT2D eigenvalue weighted by molar-refractivity contribution is 0.0992. The van der Waals surface area contributed by atoms with Crippen molar-refractivity contribution in [1.29, 1.82) is 0 Å². The number of benzene rings is 2. The molecule has 0 fully saturated rings. The summed E-state index contributed by atoms with van der Waals surface area (Å²) >= 11 is 0. The highest BCUT2D eigenvalue weighted by Gasteiger charge is 2.12. The number of nitrogens with zero attached hydrogens (tertiary/aromatic N) is 3. The van der Waals surface area contributed by atoms with Crippen LogP contribution in [0.2, 0.25) is 0 Å². The lowest BCUT2D eigenvalue weighted by Crippen LogP contribution is -2.20. The molecule has 28 heavy (non-hydrogen) atoms. The quantitative estimate of drug-likeness (QED) is 0.525. The molecule has 4 rings (SSSR count). The van der Waals surface area contributed by atoms with Crippen molar-refractivity contribution in [3.8, 4) is 17.4 Å². The summed E-state index contributed by atoms with van der Waals surface area (Å²) in [5.74, 6) is 1.34. The molecule has 0 aliphatic heterocycles. The number of nitrogens with one attached hydrogen (secondary N) is 1. The molecule has 0 radical (unpaired) electrons. The number of Topliss-reactive ketones (excluding diaryl/α,β-unsaturated/α-hetero) is 1. The van der Waals surface area contributed by atoms with E-state index in [-0.39, 0.29) is 23.3 Å². The van der Waals surface area contributed by atoms with E-state index in [9.17, 15) is 9.59 Å². The minimum atomic E-state index is -0.370. The largest absolute Gasteiger partial charge is 0.457 e. The lowest BCUT2D eigenvalue weighted by atomic mass is 10.0. The Morgan fingerprint density at radius 1 is 1.04 bits per heavy atom. The zero-order valence-corrected chi connectivity index (χ0v) is 14.8. The number of carbonyl (C=O) groups excluding carboxylic acids is 1. The predicted molar refractivity (Wildman–Crippen MR) is 103 cm³/mol. The molecule has 1 N–H and O–H groups in total. The lowest BCUT2D eigenvalue weighted by Gasteiger charge is -2.07. The Morgan fingerprint density at radius 2 is 1.86 bits per heavy atom. The molecule has 2 aromatic heterocycles. The van der Waals surface area contributed by atoms with Gasteiger partial charge in [0.15, 0.2) is 5.78 Å². The molecule has 138 valence electrons. The summed E-state index contributed by atoms with van der Waals surface area (Å²) in [7, 11) is 0. The number of ketones is 1. The van der Waals surface area contributed by atoms with Crippen molar-refractivity contribution >= 4 is 5.78 Å². The van der Waals surface area contributed by atoms with Gasteiger partial charge < -0.3 is 4.74 Å². The average Bonchev–Trinajstić information content (AvgIpc) is 3.25. The number of H-pyrrole nitrogens is 1. The van der Waals surface area contributed by atoms with Crippen LogP contribution in [0.25, 0.3) is 5.95 Å². The molecule has 0 saturated carbocycles. The van der Waals surface area contributed by atoms with E-state index in [0.29, 0.717) is 23.0 Å². The normalized spacial score (nSPS) is 10.6.